The van der Waals surface area contributed by atoms with Gasteiger partial charge in [0, 0.05) is 6.54 Å². The molecule has 0 atom stereocenters. The third-order valence-electron chi connectivity index (χ3n) is 2.49. The number of likely N-dealkylation sites (N-methyl/N-ethyl adjacent to an activating group) is 1. The van der Waals surface area contributed by atoms with Gasteiger partial charge in [0.1, 0.15) is 5.70 Å². The zero-order chi connectivity index (χ0) is 14.0. The molecule has 0 saturated carbocycles. The van der Waals surface area contributed by atoms with Crippen molar-refractivity contribution in [3.05, 3.63) is 34.2 Å². The average molecular weight is 300 g/mol. The number of ether oxygens (including phenoxy) is 1. The molecule has 0 fully saturated rings. The summed E-state index contributed by atoms with van der Waals surface area (Å²) in [5, 5.41) is 1.81. The topological polar surface area (TPSA) is 76.0 Å². The van der Waals surface area contributed by atoms with Gasteiger partial charge in [-0.25, -0.2) is 9.10 Å². The quantitative estimate of drug-likeness (QED) is 0.785. The zero-order valence-corrected chi connectivity index (χ0v) is 12.0. The summed E-state index contributed by atoms with van der Waals surface area (Å²) < 4.78 is 33.3. The predicted octanol–water partition coefficient (Wildman–Crippen LogP) is 1.17. The first-order valence-corrected chi connectivity index (χ1v) is 7.73. The van der Waals surface area contributed by atoms with E-state index in [1.54, 1.807) is 19.1 Å². The molecule has 2 heterocycles. The Morgan fingerprint density at radius 1 is 1.53 bits per heavy atom. The molecule has 0 radical (unpaired) electrons. The van der Waals surface area contributed by atoms with Crippen LogP contribution >= 0.6 is 11.3 Å². The van der Waals surface area contributed by atoms with Crippen molar-refractivity contribution in [1.29, 1.82) is 0 Å². The number of thiophene rings is 1. The van der Waals surface area contributed by atoms with Crippen LogP contribution in [0.25, 0.3) is 0 Å². The van der Waals surface area contributed by atoms with E-state index in [1.165, 1.54) is 24.5 Å². The lowest BCUT2D eigenvalue weighted by Crippen LogP contribution is -2.36. The van der Waals surface area contributed by atoms with Crippen LogP contribution in [0.2, 0.25) is 0 Å². The van der Waals surface area contributed by atoms with Crippen molar-refractivity contribution in [1.82, 2.24) is 4.31 Å². The van der Waals surface area contributed by atoms with Gasteiger partial charge < -0.3 is 4.74 Å². The lowest BCUT2D eigenvalue weighted by molar-refractivity contribution is -0.137. The Morgan fingerprint density at radius 3 is 2.79 bits per heavy atom. The fourth-order valence-corrected chi connectivity index (χ4v) is 3.61. The molecule has 0 unspecified atom stereocenters. The predicted molar refractivity (Wildman–Crippen MR) is 72.3 cm³/mol. The van der Waals surface area contributed by atoms with Crippen LogP contribution in [0.3, 0.4) is 0 Å². The second-order valence-corrected chi connectivity index (χ2v) is 6.08. The molecule has 8 heteroatoms. The van der Waals surface area contributed by atoms with Crippen LogP contribution in [-0.2, 0) is 19.7 Å². The Balaban J connectivity index is 2.56. The van der Waals surface area contributed by atoms with E-state index in [1.807, 2.05) is 5.38 Å². The van der Waals surface area contributed by atoms with Crippen LogP contribution in [0.15, 0.2) is 33.7 Å². The molecule has 0 spiro atoms. The Morgan fingerprint density at radius 2 is 2.26 bits per heavy atom. The van der Waals surface area contributed by atoms with Crippen LogP contribution in [0.1, 0.15) is 11.8 Å². The fraction of sp³-hybridized carbons (Fsp3) is 0.273. The van der Waals surface area contributed by atoms with Gasteiger partial charge in [-0.1, -0.05) is 6.07 Å². The molecule has 1 aromatic heterocycles. The average Bonchev–Trinajstić information content (AvgIpc) is 2.89. The van der Waals surface area contributed by atoms with Crippen LogP contribution in [0, 0.1) is 0 Å². The highest BCUT2D eigenvalue weighted by atomic mass is 32.2. The van der Waals surface area contributed by atoms with E-state index in [-0.39, 0.29) is 18.0 Å². The first-order valence-electron chi connectivity index (χ1n) is 5.46. The normalized spacial score (nSPS) is 17.7. The van der Waals surface area contributed by atoms with Crippen LogP contribution < -0.4 is 0 Å². The smallest absolute Gasteiger partial charge is 0.355 e. The Labute approximate surface area is 115 Å². The Kier molecular flexibility index (Phi) is 3.72. The molecule has 0 aromatic carbocycles. The van der Waals surface area contributed by atoms with Crippen molar-refractivity contribution in [2.75, 3.05) is 13.7 Å². The molecular formula is C11H12N2O4S2. The van der Waals surface area contributed by atoms with Gasteiger partial charge in [-0.15, -0.1) is 15.7 Å². The van der Waals surface area contributed by atoms with Crippen LogP contribution in [0.4, 0.5) is 0 Å². The van der Waals surface area contributed by atoms with Gasteiger partial charge in [-0.2, -0.15) is 8.42 Å². The lowest BCUT2D eigenvalue weighted by atomic mass is 10.2. The second-order valence-electron chi connectivity index (χ2n) is 3.62. The summed E-state index contributed by atoms with van der Waals surface area (Å²) in [5.41, 5.74) is 0.225. The first-order chi connectivity index (χ1) is 8.99. The molecule has 102 valence electrons. The molecule has 1 aliphatic rings. The molecule has 0 N–H and O–H groups in total. The largest absolute Gasteiger partial charge is 0.464 e. The maximum atomic E-state index is 12.0. The number of carbonyl (C=O) groups is 1. The fourth-order valence-electron chi connectivity index (χ4n) is 1.66. The first kappa shape index (κ1) is 13.8. The van der Waals surface area contributed by atoms with Crippen molar-refractivity contribution in [2.24, 2.45) is 4.40 Å². The Bertz CT molecular complexity index is 644. The second kappa shape index (κ2) is 5.14. The maximum absolute atomic E-state index is 12.0. The van der Waals surface area contributed by atoms with Gasteiger partial charge in [0.15, 0.2) is 0 Å². The van der Waals surface area contributed by atoms with Crippen molar-refractivity contribution in [3.63, 3.8) is 0 Å². The van der Waals surface area contributed by atoms with Crippen molar-refractivity contribution in [3.8, 4) is 0 Å². The minimum atomic E-state index is -3.89. The van der Waals surface area contributed by atoms with Crippen LogP contribution in [0.5, 0.6) is 0 Å². The van der Waals surface area contributed by atoms with Crippen molar-refractivity contribution in [2.45, 2.75) is 6.92 Å². The van der Waals surface area contributed by atoms with E-state index < -0.39 is 16.2 Å². The highest BCUT2D eigenvalue weighted by Gasteiger charge is 2.32. The molecule has 1 aliphatic heterocycles. The molecule has 2 rings (SSSR count). The van der Waals surface area contributed by atoms with E-state index in [2.05, 4.69) is 9.13 Å². The highest BCUT2D eigenvalue weighted by Crippen LogP contribution is 2.23. The SMILES string of the molecule is CCN1C(C(=O)OC)=CC(c2cccs2)=NS1(=O)=O. The van der Waals surface area contributed by atoms with E-state index in [0.29, 0.717) is 4.88 Å². The maximum Gasteiger partial charge on any atom is 0.355 e. The van der Waals surface area contributed by atoms with Gasteiger partial charge in [0.25, 0.3) is 0 Å². The number of hydrogen-bond donors (Lipinski definition) is 0. The summed E-state index contributed by atoms with van der Waals surface area (Å²) in [5.74, 6) is -0.700. The molecule has 0 aliphatic carbocycles. The van der Waals surface area contributed by atoms with Gasteiger partial charge in [0.2, 0.25) is 0 Å². The summed E-state index contributed by atoms with van der Waals surface area (Å²) in [6.07, 6.45) is 1.43. The van der Waals surface area contributed by atoms with Gasteiger partial charge in [0.05, 0.1) is 17.7 Å². The molecule has 6 nitrogen and oxygen atoms in total. The van der Waals surface area contributed by atoms with Gasteiger partial charge in [-0.05, 0) is 24.4 Å². The van der Waals surface area contributed by atoms with E-state index in [9.17, 15) is 13.2 Å². The summed E-state index contributed by atoms with van der Waals surface area (Å²) in [4.78, 5) is 12.4. The number of carbonyl (C=O) groups excluding carboxylic acids is 1. The van der Waals surface area contributed by atoms with Gasteiger partial charge in [-0.3, -0.25) is 0 Å². The highest BCUT2D eigenvalue weighted by molar-refractivity contribution is 7.88. The summed E-state index contributed by atoms with van der Waals surface area (Å²) in [6.45, 7) is 1.74. The monoisotopic (exact) mass is 300 g/mol. The molecular weight excluding hydrogens is 288 g/mol. The molecule has 19 heavy (non-hydrogen) atoms. The standard InChI is InChI=1S/C11H12N2O4S2/c1-3-13-9(11(14)17-2)7-8(12-19(13,15)16)10-5-4-6-18-10/h4-7H,3H2,1-2H3. The summed E-state index contributed by atoms with van der Waals surface area (Å²) >= 11 is 1.35. The number of esters is 1. The summed E-state index contributed by atoms with van der Waals surface area (Å²) in [7, 11) is -2.69. The molecule has 0 amide bonds. The molecule has 1 aromatic rings. The number of rotatable bonds is 3. The van der Waals surface area contributed by atoms with Gasteiger partial charge >= 0.3 is 16.2 Å². The number of methoxy groups -OCH3 is 1. The summed E-state index contributed by atoms with van der Waals surface area (Å²) in [6, 6.07) is 3.53. The zero-order valence-electron chi connectivity index (χ0n) is 10.4. The third kappa shape index (κ3) is 2.54. The number of allylic oxidation sites excluding steroid dienone is 1. The minimum Gasteiger partial charge on any atom is -0.464 e. The number of hydrogen-bond acceptors (Lipinski definition) is 5. The lowest BCUT2D eigenvalue weighted by Gasteiger charge is -2.24. The molecule has 0 saturated heterocycles. The van der Waals surface area contributed by atoms with Crippen molar-refractivity contribution < 1.29 is 17.9 Å². The third-order valence-corrected chi connectivity index (χ3v) is 4.82. The van der Waals surface area contributed by atoms with E-state index in [0.717, 1.165) is 4.31 Å². The number of nitrogens with zero attached hydrogens (tertiary/aromatic N) is 2. The Hall–Kier alpha value is -1.67. The van der Waals surface area contributed by atoms with Crippen molar-refractivity contribution >= 4 is 33.2 Å². The minimum absolute atomic E-state index is 0.0246. The van der Waals surface area contributed by atoms with E-state index >= 15 is 0 Å². The van der Waals surface area contributed by atoms with Crippen LogP contribution in [-0.4, -0.2) is 38.1 Å². The molecule has 0 bridgehead atoms. The van der Waals surface area contributed by atoms with E-state index in [4.69, 9.17) is 0 Å².